The molecular weight excluding hydrogens is 416 g/mol. The van der Waals surface area contributed by atoms with Gasteiger partial charge in [-0.05, 0) is 48.5 Å². The van der Waals surface area contributed by atoms with Crippen LogP contribution >= 0.6 is 11.6 Å². The molecule has 31 heavy (non-hydrogen) atoms. The van der Waals surface area contributed by atoms with Gasteiger partial charge in [0.2, 0.25) is 11.8 Å². The van der Waals surface area contributed by atoms with E-state index in [1.54, 1.807) is 41.3 Å². The Morgan fingerprint density at radius 2 is 1.71 bits per heavy atom. The summed E-state index contributed by atoms with van der Waals surface area (Å²) in [5.41, 5.74) is 1.76. The van der Waals surface area contributed by atoms with Crippen molar-refractivity contribution < 1.29 is 14.4 Å². The van der Waals surface area contributed by atoms with Crippen molar-refractivity contribution in [2.24, 2.45) is 5.92 Å². The van der Waals surface area contributed by atoms with E-state index in [0.29, 0.717) is 28.6 Å². The Labute approximate surface area is 184 Å². The van der Waals surface area contributed by atoms with Crippen LogP contribution in [-0.4, -0.2) is 29.3 Å². The smallest absolute Gasteiger partial charge is 0.256 e. The minimum Gasteiger partial charge on any atom is -0.326 e. The molecule has 8 heteroatoms. The molecule has 0 spiro atoms. The van der Waals surface area contributed by atoms with Crippen LogP contribution in [0.5, 0.6) is 0 Å². The third kappa shape index (κ3) is 4.90. The summed E-state index contributed by atoms with van der Waals surface area (Å²) in [7, 11) is 0. The summed E-state index contributed by atoms with van der Waals surface area (Å²) in [5.74, 6) is -0.677. The van der Waals surface area contributed by atoms with Crippen LogP contribution in [0.2, 0.25) is 5.02 Å². The Bertz CT molecular complexity index is 1100. The molecular formula is C23H19ClN4O3. The van der Waals surface area contributed by atoms with E-state index in [9.17, 15) is 14.4 Å². The predicted molar refractivity (Wildman–Crippen MR) is 119 cm³/mol. The lowest BCUT2D eigenvalue weighted by molar-refractivity contribution is -0.122. The van der Waals surface area contributed by atoms with Crippen LogP contribution in [0.3, 0.4) is 0 Å². The maximum atomic E-state index is 12.6. The van der Waals surface area contributed by atoms with Crippen LogP contribution < -0.4 is 15.5 Å². The van der Waals surface area contributed by atoms with Crippen molar-refractivity contribution in [3.05, 3.63) is 83.5 Å². The molecule has 3 amide bonds. The molecule has 4 rings (SSSR count). The fourth-order valence-corrected chi connectivity index (χ4v) is 3.44. The number of anilines is 3. The minimum atomic E-state index is -0.438. The summed E-state index contributed by atoms with van der Waals surface area (Å²) in [5, 5.41) is 5.98. The fourth-order valence-electron chi connectivity index (χ4n) is 3.33. The molecule has 0 aliphatic carbocycles. The van der Waals surface area contributed by atoms with Crippen LogP contribution in [0.1, 0.15) is 16.8 Å². The molecule has 1 fully saturated rings. The lowest BCUT2D eigenvalue weighted by atomic mass is 10.1. The summed E-state index contributed by atoms with van der Waals surface area (Å²) >= 11 is 5.79. The molecule has 156 valence electrons. The Hall–Kier alpha value is -3.71. The topological polar surface area (TPSA) is 91.4 Å². The number of rotatable bonds is 5. The molecule has 2 heterocycles. The number of nitrogens with zero attached hydrogens (tertiary/aromatic N) is 2. The van der Waals surface area contributed by atoms with Crippen molar-refractivity contribution in [2.45, 2.75) is 6.42 Å². The third-order valence-electron chi connectivity index (χ3n) is 4.95. The van der Waals surface area contributed by atoms with Gasteiger partial charge in [0.1, 0.15) is 5.82 Å². The first-order valence-corrected chi connectivity index (χ1v) is 10.1. The number of amides is 3. The SMILES string of the molecule is O=C(Nc1ccc(Cl)cn1)c1ccc(NC(=O)C2CC(=O)N(c3ccccc3)C2)cc1. The average Bonchev–Trinajstić information content (AvgIpc) is 3.18. The highest BCUT2D eigenvalue weighted by Gasteiger charge is 2.35. The van der Waals surface area contributed by atoms with Crippen LogP contribution in [0.25, 0.3) is 0 Å². The van der Waals surface area contributed by atoms with Gasteiger partial charge in [-0.2, -0.15) is 0 Å². The van der Waals surface area contributed by atoms with Gasteiger partial charge in [0.25, 0.3) is 5.91 Å². The summed E-state index contributed by atoms with van der Waals surface area (Å²) in [6.07, 6.45) is 1.61. The summed E-state index contributed by atoms with van der Waals surface area (Å²) < 4.78 is 0. The van der Waals surface area contributed by atoms with Gasteiger partial charge in [-0.3, -0.25) is 14.4 Å². The lowest BCUT2D eigenvalue weighted by Gasteiger charge is -2.16. The highest BCUT2D eigenvalue weighted by Crippen LogP contribution is 2.26. The van der Waals surface area contributed by atoms with Crippen molar-refractivity contribution in [1.29, 1.82) is 0 Å². The molecule has 1 aliphatic heterocycles. The molecule has 0 saturated carbocycles. The molecule has 0 bridgehead atoms. The third-order valence-corrected chi connectivity index (χ3v) is 5.17. The molecule has 7 nitrogen and oxygen atoms in total. The van der Waals surface area contributed by atoms with Crippen LogP contribution in [0.4, 0.5) is 17.2 Å². The van der Waals surface area contributed by atoms with E-state index < -0.39 is 5.92 Å². The normalized spacial score (nSPS) is 15.6. The molecule has 3 aromatic rings. The predicted octanol–water partition coefficient (Wildman–Crippen LogP) is 3.98. The quantitative estimate of drug-likeness (QED) is 0.635. The first kappa shape index (κ1) is 20.6. The molecule has 1 aromatic heterocycles. The average molecular weight is 435 g/mol. The monoisotopic (exact) mass is 434 g/mol. The first-order valence-electron chi connectivity index (χ1n) is 9.69. The number of benzene rings is 2. The Kier molecular flexibility index (Phi) is 5.95. The number of nitrogens with one attached hydrogen (secondary N) is 2. The number of carbonyl (C=O) groups excluding carboxylic acids is 3. The second-order valence-electron chi connectivity index (χ2n) is 7.12. The fraction of sp³-hybridized carbons (Fsp3) is 0.130. The molecule has 1 atom stereocenters. The van der Waals surface area contributed by atoms with Crippen LogP contribution in [0, 0.1) is 5.92 Å². The Morgan fingerprint density at radius 1 is 0.968 bits per heavy atom. The number of halogens is 1. The van der Waals surface area contributed by atoms with Crippen molar-refractivity contribution in [1.82, 2.24) is 4.98 Å². The molecule has 1 unspecified atom stereocenters. The summed E-state index contributed by atoms with van der Waals surface area (Å²) in [6, 6.07) is 19.0. The van der Waals surface area contributed by atoms with Gasteiger partial charge in [-0.25, -0.2) is 4.98 Å². The van der Waals surface area contributed by atoms with Gasteiger partial charge >= 0.3 is 0 Å². The Balaban J connectivity index is 1.35. The van der Waals surface area contributed by atoms with E-state index in [1.807, 2.05) is 30.3 Å². The van der Waals surface area contributed by atoms with Gasteiger partial charge < -0.3 is 15.5 Å². The number of para-hydroxylation sites is 1. The standard InChI is InChI=1S/C23H19ClN4O3/c24-17-8-11-20(25-13-17)27-22(30)15-6-9-18(10-7-15)26-23(31)16-12-21(29)28(14-16)19-4-2-1-3-5-19/h1-11,13,16H,12,14H2,(H,26,31)(H,25,27,30). The number of hydrogen-bond donors (Lipinski definition) is 2. The number of pyridine rings is 1. The van der Waals surface area contributed by atoms with E-state index in [-0.39, 0.29) is 24.1 Å². The van der Waals surface area contributed by atoms with Crippen LogP contribution in [-0.2, 0) is 9.59 Å². The van der Waals surface area contributed by atoms with E-state index in [0.717, 1.165) is 5.69 Å². The lowest BCUT2D eigenvalue weighted by Crippen LogP contribution is -2.28. The second-order valence-corrected chi connectivity index (χ2v) is 7.56. The number of hydrogen-bond acceptors (Lipinski definition) is 4. The zero-order valence-electron chi connectivity index (χ0n) is 16.4. The maximum absolute atomic E-state index is 12.6. The van der Waals surface area contributed by atoms with Crippen molar-refractivity contribution in [3.63, 3.8) is 0 Å². The molecule has 1 aliphatic rings. The number of aromatic nitrogens is 1. The molecule has 2 aromatic carbocycles. The highest BCUT2D eigenvalue weighted by molar-refractivity contribution is 6.30. The zero-order chi connectivity index (χ0) is 21.8. The van der Waals surface area contributed by atoms with Crippen molar-refractivity contribution >= 4 is 46.5 Å². The van der Waals surface area contributed by atoms with E-state index in [4.69, 9.17) is 11.6 Å². The van der Waals surface area contributed by atoms with E-state index in [2.05, 4.69) is 15.6 Å². The minimum absolute atomic E-state index is 0.0748. The summed E-state index contributed by atoms with van der Waals surface area (Å²) in [4.78, 5) is 42.9. The first-order chi connectivity index (χ1) is 15.0. The summed E-state index contributed by atoms with van der Waals surface area (Å²) in [6.45, 7) is 0.337. The molecule has 2 N–H and O–H groups in total. The van der Waals surface area contributed by atoms with Gasteiger partial charge in [-0.15, -0.1) is 0 Å². The van der Waals surface area contributed by atoms with E-state index in [1.165, 1.54) is 6.20 Å². The highest BCUT2D eigenvalue weighted by atomic mass is 35.5. The Morgan fingerprint density at radius 3 is 2.39 bits per heavy atom. The van der Waals surface area contributed by atoms with Gasteiger partial charge in [-0.1, -0.05) is 29.8 Å². The largest absolute Gasteiger partial charge is 0.326 e. The zero-order valence-corrected chi connectivity index (χ0v) is 17.2. The van der Waals surface area contributed by atoms with Crippen molar-refractivity contribution in [2.75, 3.05) is 22.1 Å². The maximum Gasteiger partial charge on any atom is 0.256 e. The molecule has 0 radical (unpaired) electrons. The van der Waals surface area contributed by atoms with Crippen LogP contribution in [0.15, 0.2) is 72.9 Å². The van der Waals surface area contributed by atoms with Crippen molar-refractivity contribution in [3.8, 4) is 0 Å². The van der Waals surface area contributed by atoms with E-state index >= 15 is 0 Å². The van der Waals surface area contributed by atoms with Gasteiger partial charge in [0.05, 0.1) is 10.9 Å². The van der Waals surface area contributed by atoms with Gasteiger partial charge in [0.15, 0.2) is 0 Å². The van der Waals surface area contributed by atoms with Gasteiger partial charge in [0, 0.05) is 36.1 Å². The second kappa shape index (κ2) is 8.97. The molecule has 1 saturated heterocycles. The number of carbonyl (C=O) groups is 3.